The highest BCUT2D eigenvalue weighted by Gasteiger charge is 2.51. The van der Waals surface area contributed by atoms with Gasteiger partial charge in [0.15, 0.2) is 12.6 Å². The van der Waals surface area contributed by atoms with Crippen LogP contribution in [0.3, 0.4) is 0 Å². The summed E-state index contributed by atoms with van der Waals surface area (Å²) in [6.45, 7) is 8.32. The molecule has 0 aliphatic carbocycles. The number of piperidine rings is 1. The summed E-state index contributed by atoms with van der Waals surface area (Å²) in [4.78, 5) is 26.5. The molecule has 0 spiro atoms. The van der Waals surface area contributed by atoms with Gasteiger partial charge in [-0.05, 0) is 46.1 Å². The fraction of sp³-hybridized carbons (Fsp3) is 0.619. The first kappa shape index (κ1) is 21.4. The van der Waals surface area contributed by atoms with E-state index in [1.54, 1.807) is 11.8 Å². The van der Waals surface area contributed by atoms with Gasteiger partial charge in [-0.15, -0.1) is 0 Å². The summed E-state index contributed by atoms with van der Waals surface area (Å²) >= 11 is 0. The molecule has 160 valence electrons. The molecule has 1 aromatic carbocycles. The number of nitrogens with one attached hydrogen (secondary N) is 1. The Hall–Kier alpha value is -2.32. The minimum Gasteiger partial charge on any atom is -0.445 e. The molecule has 0 saturated carbocycles. The van der Waals surface area contributed by atoms with Gasteiger partial charge in [-0.3, -0.25) is 0 Å². The van der Waals surface area contributed by atoms with Crippen LogP contribution in [-0.4, -0.2) is 53.9 Å². The molecule has 8 nitrogen and oxygen atoms in total. The number of carbonyl (C=O) groups excluding carboxylic acids is 2. The van der Waals surface area contributed by atoms with Crippen LogP contribution in [0.4, 0.5) is 9.59 Å². The summed E-state index contributed by atoms with van der Waals surface area (Å²) in [5.41, 5.74) is -0.402. The zero-order chi connectivity index (χ0) is 21.1. The van der Waals surface area contributed by atoms with Crippen molar-refractivity contribution >= 4 is 12.2 Å². The van der Waals surface area contributed by atoms with Gasteiger partial charge in [0.1, 0.15) is 12.2 Å². The Morgan fingerprint density at radius 2 is 1.79 bits per heavy atom. The first-order valence-electron chi connectivity index (χ1n) is 9.95. The summed E-state index contributed by atoms with van der Waals surface area (Å²) in [5, 5.41) is 2.94. The molecule has 2 saturated heterocycles. The molecular weight excluding hydrogens is 376 g/mol. The highest BCUT2D eigenvalue weighted by Crippen LogP contribution is 2.35. The van der Waals surface area contributed by atoms with Gasteiger partial charge in [0.25, 0.3) is 0 Å². The molecule has 8 heteroatoms. The van der Waals surface area contributed by atoms with Crippen LogP contribution in [0.15, 0.2) is 30.3 Å². The molecule has 0 aromatic heterocycles. The Morgan fingerprint density at radius 3 is 2.34 bits per heavy atom. The summed E-state index contributed by atoms with van der Waals surface area (Å²) in [6, 6.07) is 9.47. The number of rotatable bonds is 4. The topological polar surface area (TPSA) is 86.3 Å². The van der Waals surface area contributed by atoms with Gasteiger partial charge in [0.2, 0.25) is 0 Å². The third kappa shape index (κ3) is 5.61. The van der Waals surface area contributed by atoms with E-state index in [2.05, 4.69) is 5.32 Å². The molecule has 2 amide bonds. The number of carbonyl (C=O) groups is 2. The van der Waals surface area contributed by atoms with Gasteiger partial charge in [-0.25, -0.2) is 9.59 Å². The number of alkyl carbamates (subject to hydrolysis) is 1. The second-order valence-electron chi connectivity index (χ2n) is 8.48. The van der Waals surface area contributed by atoms with Crippen LogP contribution in [0, 0.1) is 0 Å². The molecular formula is C21H30N2O6. The highest BCUT2D eigenvalue weighted by atomic mass is 16.9. The van der Waals surface area contributed by atoms with Crippen molar-refractivity contribution in [2.45, 2.75) is 70.9 Å². The third-order valence-electron chi connectivity index (χ3n) is 4.95. The molecule has 2 fully saturated rings. The first-order chi connectivity index (χ1) is 13.7. The quantitative estimate of drug-likeness (QED) is 0.825. The second kappa shape index (κ2) is 8.59. The van der Waals surface area contributed by atoms with Crippen molar-refractivity contribution in [1.82, 2.24) is 10.2 Å². The van der Waals surface area contributed by atoms with Gasteiger partial charge in [0.05, 0.1) is 5.54 Å². The minimum absolute atomic E-state index is 0.176. The van der Waals surface area contributed by atoms with E-state index < -0.39 is 23.5 Å². The molecule has 0 radical (unpaired) electrons. The van der Waals surface area contributed by atoms with Gasteiger partial charge in [-0.1, -0.05) is 30.3 Å². The monoisotopic (exact) mass is 406 g/mol. The predicted octanol–water partition coefficient (Wildman–Crippen LogP) is 3.40. The summed E-state index contributed by atoms with van der Waals surface area (Å²) in [7, 11) is 0. The normalized spacial score (nSPS) is 23.7. The highest BCUT2D eigenvalue weighted by molar-refractivity contribution is 5.70. The fourth-order valence-electron chi connectivity index (χ4n) is 3.42. The van der Waals surface area contributed by atoms with Crippen LogP contribution in [0.5, 0.6) is 0 Å². The number of hydrogen-bond donors (Lipinski definition) is 1. The molecule has 3 rings (SSSR count). The zero-order valence-corrected chi connectivity index (χ0v) is 17.5. The lowest BCUT2D eigenvalue weighted by molar-refractivity contribution is -0.400. The predicted molar refractivity (Wildman–Crippen MR) is 105 cm³/mol. The average Bonchev–Trinajstić information content (AvgIpc) is 2.64. The maximum atomic E-state index is 12.5. The first-order valence-corrected chi connectivity index (χ1v) is 9.95. The summed E-state index contributed by atoms with van der Waals surface area (Å²) < 4.78 is 22.2. The summed E-state index contributed by atoms with van der Waals surface area (Å²) in [5.74, 6) is 0. The molecule has 29 heavy (non-hydrogen) atoms. The van der Waals surface area contributed by atoms with Crippen molar-refractivity contribution in [3.8, 4) is 0 Å². The molecule has 1 N–H and O–H groups in total. The van der Waals surface area contributed by atoms with Crippen molar-refractivity contribution in [2.24, 2.45) is 0 Å². The van der Waals surface area contributed by atoms with Crippen LogP contribution < -0.4 is 5.32 Å². The lowest BCUT2D eigenvalue weighted by atomic mass is 9.86. The molecule has 0 unspecified atom stereocenters. The molecule has 0 bridgehead atoms. The van der Waals surface area contributed by atoms with E-state index in [0.717, 1.165) is 5.56 Å². The molecule has 2 aliphatic rings. The van der Waals surface area contributed by atoms with Crippen molar-refractivity contribution in [3.05, 3.63) is 35.9 Å². The van der Waals surface area contributed by atoms with Crippen LogP contribution in [0.1, 0.15) is 46.1 Å². The van der Waals surface area contributed by atoms with Crippen LogP contribution >= 0.6 is 0 Å². The molecule has 1 aromatic rings. The zero-order valence-electron chi connectivity index (χ0n) is 17.5. The fourth-order valence-corrected chi connectivity index (χ4v) is 3.42. The van der Waals surface area contributed by atoms with Crippen molar-refractivity contribution in [1.29, 1.82) is 0 Å². The SMILES string of the molecule is CC1OC(C2(NC(=O)OCc3ccccc3)CCN(C(=O)OC(C)(C)C)CC2)O1. The average molecular weight is 406 g/mol. The number of benzene rings is 1. The smallest absolute Gasteiger partial charge is 0.410 e. The lowest BCUT2D eigenvalue weighted by Gasteiger charge is -2.50. The van der Waals surface area contributed by atoms with Gasteiger partial charge >= 0.3 is 12.2 Å². The van der Waals surface area contributed by atoms with E-state index in [1.165, 1.54) is 0 Å². The molecule has 0 atom stereocenters. The van der Waals surface area contributed by atoms with Crippen LogP contribution in [-0.2, 0) is 25.6 Å². The van der Waals surface area contributed by atoms with E-state index in [0.29, 0.717) is 25.9 Å². The lowest BCUT2D eigenvalue weighted by Crippen LogP contribution is -2.67. The van der Waals surface area contributed by atoms with Crippen molar-refractivity contribution in [3.63, 3.8) is 0 Å². The number of amides is 2. The molecule has 2 heterocycles. The van der Waals surface area contributed by atoms with E-state index in [9.17, 15) is 9.59 Å². The Balaban J connectivity index is 1.59. The van der Waals surface area contributed by atoms with E-state index in [4.69, 9.17) is 18.9 Å². The van der Waals surface area contributed by atoms with E-state index in [-0.39, 0.29) is 19.0 Å². The minimum atomic E-state index is -0.751. The van der Waals surface area contributed by atoms with Crippen LogP contribution in [0.2, 0.25) is 0 Å². The Bertz CT molecular complexity index is 704. The molecule has 2 aliphatic heterocycles. The van der Waals surface area contributed by atoms with Crippen molar-refractivity contribution < 1.29 is 28.5 Å². The standard InChI is InChI=1S/C21H30N2O6/c1-15-27-17(28-15)21(22-18(24)26-14-16-8-6-5-7-9-16)10-12-23(13-11-21)19(25)29-20(2,3)4/h5-9,15,17H,10-14H2,1-4H3,(H,22,24). The van der Waals surface area contributed by atoms with E-state index in [1.807, 2.05) is 51.1 Å². The number of likely N-dealkylation sites (tertiary alicyclic amines) is 1. The second-order valence-corrected chi connectivity index (χ2v) is 8.48. The third-order valence-corrected chi connectivity index (χ3v) is 4.95. The largest absolute Gasteiger partial charge is 0.445 e. The van der Waals surface area contributed by atoms with Gasteiger partial charge in [-0.2, -0.15) is 0 Å². The van der Waals surface area contributed by atoms with Crippen LogP contribution in [0.25, 0.3) is 0 Å². The number of nitrogens with zero attached hydrogens (tertiary/aromatic N) is 1. The number of ether oxygens (including phenoxy) is 4. The van der Waals surface area contributed by atoms with Gasteiger partial charge < -0.3 is 29.2 Å². The summed E-state index contributed by atoms with van der Waals surface area (Å²) in [6.07, 6.45) is -0.827. The Morgan fingerprint density at radius 1 is 1.17 bits per heavy atom. The van der Waals surface area contributed by atoms with E-state index >= 15 is 0 Å². The maximum Gasteiger partial charge on any atom is 0.410 e. The Kier molecular flexibility index (Phi) is 6.33. The number of hydrogen-bond acceptors (Lipinski definition) is 6. The maximum absolute atomic E-state index is 12.5. The Labute approximate surface area is 171 Å². The van der Waals surface area contributed by atoms with Gasteiger partial charge in [0, 0.05) is 13.1 Å². The van der Waals surface area contributed by atoms with Crippen molar-refractivity contribution in [2.75, 3.05) is 13.1 Å².